The third-order valence-electron chi connectivity index (χ3n) is 6.99. The maximum absolute atomic E-state index is 13.1. The minimum Gasteiger partial charge on any atom is -0.353 e. The van der Waals surface area contributed by atoms with Crippen molar-refractivity contribution in [3.63, 3.8) is 0 Å². The molecule has 0 aliphatic heterocycles. The predicted octanol–water partition coefficient (Wildman–Crippen LogP) is 5.13. The molecule has 27 heavy (non-hydrogen) atoms. The maximum atomic E-state index is 13.1. The van der Waals surface area contributed by atoms with E-state index < -0.39 is 0 Å². The fourth-order valence-electron chi connectivity index (χ4n) is 6.21. The van der Waals surface area contributed by atoms with Crippen molar-refractivity contribution in [3.05, 3.63) is 51.4 Å². The summed E-state index contributed by atoms with van der Waals surface area (Å²) in [6.45, 7) is 2.13. The molecule has 4 saturated carbocycles. The molecule has 1 aromatic carbocycles. The standard InChI is InChI=1S/C22H26ClN3O/c1-2-14-4-3-5-18(9-14)25-19-13-24-26(21(27)20(19)23)22-10-15-6-16(11-22)8-17(7-15)12-22/h3-5,9,13,15-17,25H,2,6-8,10-12H2,1H3. The average molecular weight is 384 g/mol. The highest BCUT2D eigenvalue weighted by Crippen LogP contribution is 2.58. The van der Waals surface area contributed by atoms with Crippen LogP contribution in [0.4, 0.5) is 11.4 Å². The lowest BCUT2D eigenvalue weighted by molar-refractivity contribution is -0.0518. The summed E-state index contributed by atoms with van der Waals surface area (Å²) in [5.41, 5.74) is 2.53. The van der Waals surface area contributed by atoms with Gasteiger partial charge in [0, 0.05) is 5.69 Å². The number of hydrogen-bond donors (Lipinski definition) is 1. The Morgan fingerprint density at radius 3 is 2.48 bits per heavy atom. The number of aryl methyl sites for hydroxylation is 1. The van der Waals surface area contributed by atoms with Crippen LogP contribution in [0.25, 0.3) is 0 Å². The van der Waals surface area contributed by atoms with E-state index in [2.05, 4.69) is 29.5 Å². The van der Waals surface area contributed by atoms with Gasteiger partial charge in [0.05, 0.1) is 17.4 Å². The number of nitrogens with zero attached hydrogens (tertiary/aromatic N) is 2. The summed E-state index contributed by atoms with van der Waals surface area (Å²) in [7, 11) is 0. The van der Waals surface area contributed by atoms with Crippen molar-refractivity contribution >= 4 is 23.0 Å². The molecular weight excluding hydrogens is 358 g/mol. The summed E-state index contributed by atoms with van der Waals surface area (Å²) in [4.78, 5) is 13.1. The number of hydrogen-bond acceptors (Lipinski definition) is 3. The van der Waals surface area contributed by atoms with E-state index in [1.54, 1.807) is 10.9 Å². The predicted molar refractivity (Wildman–Crippen MR) is 109 cm³/mol. The number of aromatic nitrogens is 2. The molecule has 4 bridgehead atoms. The SMILES string of the molecule is CCc1cccc(Nc2cnn(C34CC5CC(CC(C5)C3)C4)c(=O)c2Cl)c1. The second-order valence-corrected chi connectivity index (χ2v) is 9.29. The number of anilines is 2. The van der Waals surface area contributed by atoms with Gasteiger partial charge in [-0.3, -0.25) is 4.79 Å². The van der Waals surface area contributed by atoms with Gasteiger partial charge in [0.25, 0.3) is 5.56 Å². The lowest BCUT2D eigenvalue weighted by Crippen LogP contribution is -2.55. The van der Waals surface area contributed by atoms with Crippen LogP contribution in [0.5, 0.6) is 0 Å². The molecule has 4 aliphatic rings. The van der Waals surface area contributed by atoms with E-state index in [0.717, 1.165) is 49.1 Å². The van der Waals surface area contributed by atoms with Crippen molar-refractivity contribution in [2.45, 2.75) is 57.4 Å². The Morgan fingerprint density at radius 1 is 1.19 bits per heavy atom. The molecule has 2 aromatic rings. The topological polar surface area (TPSA) is 46.9 Å². The van der Waals surface area contributed by atoms with Gasteiger partial charge in [0.15, 0.2) is 0 Å². The quantitative estimate of drug-likeness (QED) is 0.796. The van der Waals surface area contributed by atoms with Gasteiger partial charge in [-0.15, -0.1) is 0 Å². The number of benzene rings is 1. The number of halogens is 1. The van der Waals surface area contributed by atoms with Crippen LogP contribution in [0.3, 0.4) is 0 Å². The highest BCUT2D eigenvalue weighted by molar-refractivity contribution is 6.33. The van der Waals surface area contributed by atoms with Crippen molar-refractivity contribution < 1.29 is 0 Å². The van der Waals surface area contributed by atoms with Gasteiger partial charge in [0.2, 0.25) is 0 Å². The fraction of sp³-hybridized carbons (Fsp3) is 0.545. The molecular formula is C22H26ClN3O. The van der Waals surface area contributed by atoms with Crippen LogP contribution >= 0.6 is 11.6 Å². The van der Waals surface area contributed by atoms with Gasteiger partial charge in [-0.05, 0) is 80.4 Å². The molecule has 0 saturated heterocycles. The van der Waals surface area contributed by atoms with E-state index >= 15 is 0 Å². The summed E-state index contributed by atoms with van der Waals surface area (Å²) >= 11 is 6.53. The zero-order valence-corrected chi connectivity index (χ0v) is 16.5. The highest BCUT2D eigenvalue weighted by atomic mass is 35.5. The van der Waals surface area contributed by atoms with E-state index in [9.17, 15) is 4.79 Å². The summed E-state index contributed by atoms with van der Waals surface area (Å²) < 4.78 is 1.74. The summed E-state index contributed by atoms with van der Waals surface area (Å²) in [6.07, 6.45) is 10.0. The lowest BCUT2D eigenvalue weighted by atomic mass is 9.53. The van der Waals surface area contributed by atoms with Crippen molar-refractivity contribution in [1.29, 1.82) is 0 Å². The van der Waals surface area contributed by atoms with Gasteiger partial charge in [-0.1, -0.05) is 30.7 Å². The molecule has 4 fully saturated rings. The fourth-order valence-corrected chi connectivity index (χ4v) is 6.38. The van der Waals surface area contributed by atoms with Gasteiger partial charge < -0.3 is 5.32 Å². The number of nitrogens with one attached hydrogen (secondary N) is 1. The van der Waals surface area contributed by atoms with Crippen molar-refractivity contribution in [1.82, 2.24) is 9.78 Å². The smallest absolute Gasteiger partial charge is 0.288 e. The lowest BCUT2D eigenvalue weighted by Gasteiger charge is -2.56. The van der Waals surface area contributed by atoms with E-state index in [4.69, 9.17) is 11.6 Å². The molecule has 1 heterocycles. The monoisotopic (exact) mass is 383 g/mol. The third kappa shape index (κ3) is 2.89. The second kappa shape index (κ2) is 6.37. The Labute approximate surface area is 164 Å². The Balaban J connectivity index is 1.48. The van der Waals surface area contributed by atoms with Gasteiger partial charge >= 0.3 is 0 Å². The first-order valence-electron chi connectivity index (χ1n) is 10.2. The number of rotatable bonds is 4. The van der Waals surface area contributed by atoms with Crippen LogP contribution in [0, 0.1) is 17.8 Å². The second-order valence-electron chi connectivity index (χ2n) is 8.91. The molecule has 0 spiro atoms. The van der Waals surface area contributed by atoms with Crippen molar-refractivity contribution in [3.8, 4) is 0 Å². The maximum Gasteiger partial charge on any atom is 0.288 e. The zero-order valence-electron chi connectivity index (χ0n) is 15.7. The van der Waals surface area contributed by atoms with Crippen LogP contribution in [0.15, 0.2) is 35.3 Å². The first-order chi connectivity index (χ1) is 13.1. The zero-order chi connectivity index (χ0) is 18.6. The van der Waals surface area contributed by atoms with Crippen LogP contribution in [0.2, 0.25) is 5.02 Å². The molecule has 5 heteroatoms. The summed E-state index contributed by atoms with van der Waals surface area (Å²) in [5.74, 6) is 2.29. The van der Waals surface area contributed by atoms with Crippen LogP contribution in [-0.2, 0) is 12.0 Å². The Bertz CT molecular complexity index is 900. The average Bonchev–Trinajstić information content (AvgIpc) is 2.64. The molecule has 1 aromatic heterocycles. The molecule has 0 radical (unpaired) electrons. The van der Waals surface area contributed by atoms with Crippen molar-refractivity contribution in [2.24, 2.45) is 17.8 Å². The Morgan fingerprint density at radius 2 is 1.85 bits per heavy atom. The first-order valence-corrected chi connectivity index (χ1v) is 10.6. The highest BCUT2D eigenvalue weighted by Gasteiger charge is 2.53. The Hall–Kier alpha value is -1.81. The van der Waals surface area contributed by atoms with Crippen LogP contribution in [-0.4, -0.2) is 9.78 Å². The van der Waals surface area contributed by atoms with Gasteiger partial charge in [-0.25, -0.2) is 4.68 Å². The molecule has 0 unspecified atom stereocenters. The molecule has 4 nitrogen and oxygen atoms in total. The third-order valence-corrected chi connectivity index (χ3v) is 7.35. The minimum absolute atomic E-state index is 0.101. The van der Waals surface area contributed by atoms with E-state index in [1.807, 2.05) is 12.1 Å². The van der Waals surface area contributed by atoms with Crippen LogP contribution < -0.4 is 10.9 Å². The van der Waals surface area contributed by atoms with E-state index in [1.165, 1.54) is 24.8 Å². The summed E-state index contributed by atoms with van der Waals surface area (Å²) in [6, 6.07) is 8.18. The Kier molecular flexibility index (Phi) is 4.08. The van der Waals surface area contributed by atoms with Crippen molar-refractivity contribution in [2.75, 3.05) is 5.32 Å². The largest absolute Gasteiger partial charge is 0.353 e. The van der Waals surface area contributed by atoms with Gasteiger partial charge in [0.1, 0.15) is 5.02 Å². The van der Waals surface area contributed by atoms with Crippen LogP contribution in [0.1, 0.15) is 51.0 Å². The van der Waals surface area contributed by atoms with Gasteiger partial charge in [-0.2, -0.15) is 5.10 Å². The molecule has 142 valence electrons. The normalized spacial score (nSPS) is 31.3. The molecule has 4 aliphatic carbocycles. The molecule has 0 atom stereocenters. The summed E-state index contributed by atoms with van der Waals surface area (Å²) in [5, 5.41) is 8.16. The molecule has 1 N–H and O–H groups in total. The van der Waals surface area contributed by atoms with E-state index in [0.29, 0.717) is 5.69 Å². The van der Waals surface area contributed by atoms with E-state index in [-0.39, 0.29) is 16.1 Å². The first kappa shape index (κ1) is 17.3. The molecule has 6 rings (SSSR count). The molecule has 0 amide bonds. The minimum atomic E-state index is -0.143.